The van der Waals surface area contributed by atoms with E-state index in [2.05, 4.69) is 0 Å². The van der Waals surface area contributed by atoms with Crippen LogP contribution in [-0.4, -0.2) is 22.8 Å². The summed E-state index contributed by atoms with van der Waals surface area (Å²) in [5, 5.41) is 22.0. The van der Waals surface area contributed by atoms with Gasteiger partial charge in [-0.15, -0.1) is 0 Å². The zero-order chi connectivity index (χ0) is 15.1. The molecule has 10 heteroatoms. The van der Waals surface area contributed by atoms with E-state index in [4.69, 9.17) is 4.55 Å². The highest BCUT2D eigenvalue weighted by molar-refractivity contribution is 7.86. The second kappa shape index (κ2) is 4.51. The first kappa shape index (κ1) is 13.8. The summed E-state index contributed by atoms with van der Waals surface area (Å²) in [7, 11) is -4.97. The zero-order valence-electron chi connectivity index (χ0n) is 9.59. The second-order valence-electron chi connectivity index (χ2n) is 3.78. The second-order valence-corrected chi connectivity index (χ2v) is 5.17. The molecule has 0 heterocycles. The van der Waals surface area contributed by atoms with Gasteiger partial charge in [0.25, 0.3) is 0 Å². The molecule has 9 nitrogen and oxygen atoms in total. The summed E-state index contributed by atoms with van der Waals surface area (Å²) in [6.45, 7) is 0. The normalized spacial score (nSPS) is 11.4. The predicted molar refractivity (Wildman–Crippen MR) is 67.1 cm³/mol. The van der Waals surface area contributed by atoms with Crippen LogP contribution in [0.25, 0.3) is 10.8 Å². The summed E-state index contributed by atoms with van der Waals surface area (Å²) < 4.78 is 31.4. The molecular weight excluding hydrogens is 292 g/mol. The molecule has 1 N–H and O–H groups in total. The van der Waals surface area contributed by atoms with E-state index in [1.54, 1.807) is 0 Å². The van der Waals surface area contributed by atoms with Crippen LogP contribution in [0, 0.1) is 20.2 Å². The minimum Gasteiger partial charge on any atom is -0.282 e. The molecule has 0 atom stereocenters. The van der Waals surface area contributed by atoms with Gasteiger partial charge in [-0.3, -0.25) is 24.8 Å². The third-order valence-corrected chi connectivity index (χ3v) is 3.47. The Morgan fingerprint density at radius 3 is 2.05 bits per heavy atom. The highest BCUT2D eigenvalue weighted by Crippen LogP contribution is 2.40. The average Bonchev–Trinajstić information content (AvgIpc) is 2.34. The maximum absolute atomic E-state index is 11.2. The number of nitro groups is 2. The lowest BCUT2D eigenvalue weighted by molar-refractivity contribution is -0.423. The first-order chi connectivity index (χ1) is 9.23. The van der Waals surface area contributed by atoms with Crippen molar-refractivity contribution in [3.05, 3.63) is 50.6 Å². The van der Waals surface area contributed by atoms with E-state index in [1.165, 1.54) is 24.3 Å². The fourth-order valence-electron chi connectivity index (χ4n) is 1.85. The Morgan fingerprint density at radius 1 is 1.00 bits per heavy atom. The molecule has 0 fully saturated rings. The van der Waals surface area contributed by atoms with Crippen molar-refractivity contribution in [2.75, 3.05) is 0 Å². The van der Waals surface area contributed by atoms with Crippen molar-refractivity contribution in [3.8, 4) is 0 Å². The Kier molecular flexibility index (Phi) is 3.12. The molecule has 0 saturated carbocycles. The van der Waals surface area contributed by atoms with Gasteiger partial charge in [-0.25, -0.2) is 0 Å². The molecule has 2 rings (SSSR count). The van der Waals surface area contributed by atoms with Gasteiger partial charge in [0, 0.05) is 0 Å². The van der Waals surface area contributed by atoms with Gasteiger partial charge in [0.05, 0.1) is 15.2 Å². The standard InChI is InChI=1S/C10H6N2O7S/c13-11(14)9-7-4-2-1-3-6(7)5-8(20(17,18)19)10(9)12(15)16/h1-5H,(H,17,18,19). The topological polar surface area (TPSA) is 141 Å². The summed E-state index contributed by atoms with van der Waals surface area (Å²) in [5.74, 6) is 0. The predicted octanol–water partition coefficient (Wildman–Crippen LogP) is 1.90. The monoisotopic (exact) mass is 298 g/mol. The largest absolute Gasteiger partial charge is 0.367 e. The van der Waals surface area contributed by atoms with E-state index in [0.717, 1.165) is 6.07 Å². The molecule has 0 saturated heterocycles. The highest BCUT2D eigenvalue weighted by Gasteiger charge is 2.36. The molecule has 0 aliphatic heterocycles. The summed E-state index contributed by atoms with van der Waals surface area (Å²) in [6.07, 6.45) is 0. The number of hydrogen-bond donors (Lipinski definition) is 1. The van der Waals surface area contributed by atoms with Crippen LogP contribution in [0.15, 0.2) is 35.2 Å². The SMILES string of the molecule is O=[N+]([O-])c1c(S(=O)(=O)O)cc2ccccc2c1[N+](=O)[O-]. The zero-order valence-corrected chi connectivity index (χ0v) is 10.4. The maximum Gasteiger partial charge on any atom is 0.367 e. The van der Waals surface area contributed by atoms with Crippen molar-refractivity contribution in [1.82, 2.24) is 0 Å². The quantitative estimate of drug-likeness (QED) is 0.518. The van der Waals surface area contributed by atoms with Gasteiger partial charge < -0.3 is 0 Å². The third-order valence-electron chi connectivity index (χ3n) is 2.60. The van der Waals surface area contributed by atoms with Crippen LogP contribution in [0.3, 0.4) is 0 Å². The third kappa shape index (κ3) is 2.17. The first-order valence-corrected chi connectivity index (χ1v) is 6.49. The van der Waals surface area contributed by atoms with Crippen LogP contribution in [0.4, 0.5) is 11.4 Å². The van der Waals surface area contributed by atoms with Crippen molar-refractivity contribution in [3.63, 3.8) is 0 Å². The average molecular weight is 298 g/mol. The number of hydrogen-bond acceptors (Lipinski definition) is 6. The van der Waals surface area contributed by atoms with Crippen molar-refractivity contribution in [1.29, 1.82) is 0 Å². The number of benzene rings is 2. The number of rotatable bonds is 3. The van der Waals surface area contributed by atoms with E-state index in [0.29, 0.717) is 0 Å². The smallest absolute Gasteiger partial charge is 0.282 e. The van der Waals surface area contributed by atoms with Crippen molar-refractivity contribution in [2.24, 2.45) is 0 Å². The van der Waals surface area contributed by atoms with Gasteiger partial charge in [-0.05, 0) is 17.5 Å². The van der Waals surface area contributed by atoms with E-state index < -0.39 is 36.2 Å². The lowest BCUT2D eigenvalue weighted by Gasteiger charge is -2.04. The van der Waals surface area contributed by atoms with Crippen LogP contribution in [0.5, 0.6) is 0 Å². The molecule has 0 aliphatic rings. The van der Waals surface area contributed by atoms with Crippen LogP contribution in [0.2, 0.25) is 0 Å². The molecule has 2 aromatic carbocycles. The van der Waals surface area contributed by atoms with Gasteiger partial charge in [-0.1, -0.05) is 18.2 Å². The summed E-state index contributed by atoms with van der Waals surface area (Å²) in [5.41, 5.74) is -2.23. The Balaban J connectivity index is 3.13. The summed E-state index contributed by atoms with van der Waals surface area (Å²) in [4.78, 5) is 18.7. The molecule has 2 aromatic rings. The van der Waals surface area contributed by atoms with Gasteiger partial charge in [0.1, 0.15) is 0 Å². The van der Waals surface area contributed by atoms with Crippen LogP contribution in [-0.2, 0) is 10.1 Å². The van der Waals surface area contributed by atoms with Gasteiger partial charge in [0.2, 0.25) is 0 Å². The van der Waals surface area contributed by atoms with Crippen LogP contribution < -0.4 is 0 Å². The molecule has 0 spiro atoms. The van der Waals surface area contributed by atoms with Crippen molar-refractivity contribution < 1.29 is 22.8 Å². The van der Waals surface area contributed by atoms with Crippen LogP contribution >= 0.6 is 0 Å². The molecule has 0 amide bonds. The summed E-state index contributed by atoms with van der Waals surface area (Å²) >= 11 is 0. The van der Waals surface area contributed by atoms with Crippen molar-refractivity contribution >= 4 is 32.3 Å². The maximum atomic E-state index is 11.2. The van der Waals surface area contributed by atoms with E-state index in [9.17, 15) is 28.6 Å². The number of nitrogens with zero attached hydrogens (tertiary/aromatic N) is 2. The Labute approximate surface area is 111 Å². The Hall–Kier alpha value is -2.59. The Morgan fingerprint density at radius 2 is 1.55 bits per heavy atom. The van der Waals surface area contributed by atoms with E-state index in [1.807, 2.05) is 0 Å². The van der Waals surface area contributed by atoms with Gasteiger partial charge in [0.15, 0.2) is 4.90 Å². The molecule has 104 valence electrons. The molecular formula is C10H6N2O7S. The van der Waals surface area contributed by atoms with Crippen LogP contribution in [0.1, 0.15) is 0 Å². The first-order valence-electron chi connectivity index (χ1n) is 5.05. The summed E-state index contributed by atoms with van der Waals surface area (Å²) in [6, 6.07) is 6.34. The minimum absolute atomic E-state index is 0.0865. The highest BCUT2D eigenvalue weighted by atomic mass is 32.2. The number of fused-ring (bicyclic) bond motifs is 1. The molecule has 0 aliphatic carbocycles. The molecule has 0 bridgehead atoms. The van der Waals surface area contributed by atoms with Gasteiger partial charge >= 0.3 is 21.5 Å². The van der Waals surface area contributed by atoms with E-state index >= 15 is 0 Å². The molecule has 0 radical (unpaired) electrons. The molecule has 0 unspecified atom stereocenters. The van der Waals surface area contributed by atoms with Gasteiger partial charge in [-0.2, -0.15) is 8.42 Å². The molecule has 20 heavy (non-hydrogen) atoms. The molecule has 0 aromatic heterocycles. The number of nitro benzene ring substituents is 2. The lowest BCUT2D eigenvalue weighted by atomic mass is 10.1. The lowest BCUT2D eigenvalue weighted by Crippen LogP contribution is -2.07. The van der Waals surface area contributed by atoms with Crippen molar-refractivity contribution in [2.45, 2.75) is 4.90 Å². The minimum atomic E-state index is -4.97. The van der Waals surface area contributed by atoms with E-state index in [-0.39, 0.29) is 10.8 Å². The Bertz CT molecular complexity index is 844. The fraction of sp³-hybridized carbons (Fsp3) is 0. The fourth-order valence-corrected chi connectivity index (χ4v) is 2.54.